The maximum atomic E-state index is 5.38. The predicted octanol–water partition coefficient (Wildman–Crippen LogP) is 11.0. The smallest absolute Gasteiger partial charge is 0.145 e. The molecule has 2 aliphatic carbocycles. The number of nitrogens with zero attached hydrogens (tertiary/aromatic N) is 6. The molecule has 0 spiro atoms. The molecule has 0 fully saturated rings. The average molecular weight is 673 g/mol. The van der Waals surface area contributed by atoms with Gasteiger partial charge in [-0.1, -0.05) is 85.8 Å². The standard InChI is InChI=1S/C46H36N6/c1-31-25-26-40-43(27-31)52(37-19-9-4-10-20-37)46(49-40)34-29-32(44-47-38-21-11-13-23-41(38)50(44)35-15-5-2-6-16-35)28-33(30-34)45-48-39-22-12-14-24-42(39)51(45)36-17-7-3-8-18-36/h2-7,9-17,19-26,28-31H,8,18,27H2,1H3. The molecule has 0 saturated heterocycles. The van der Waals surface area contributed by atoms with E-state index in [-0.39, 0.29) is 0 Å². The lowest BCUT2D eigenvalue weighted by Crippen LogP contribution is -2.09. The van der Waals surface area contributed by atoms with Crippen LogP contribution in [0.5, 0.6) is 0 Å². The van der Waals surface area contributed by atoms with Crippen molar-refractivity contribution in [2.24, 2.45) is 5.92 Å². The van der Waals surface area contributed by atoms with Crippen molar-refractivity contribution in [1.82, 2.24) is 28.7 Å². The second-order valence-corrected chi connectivity index (χ2v) is 13.8. The normalized spacial score (nSPS) is 15.3. The van der Waals surface area contributed by atoms with E-state index in [1.807, 2.05) is 0 Å². The van der Waals surface area contributed by atoms with E-state index >= 15 is 0 Å². The van der Waals surface area contributed by atoms with Crippen LogP contribution < -0.4 is 0 Å². The lowest BCUT2D eigenvalue weighted by molar-refractivity contribution is 0.688. The van der Waals surface area contributed by atoms with Crippen LogP contribution in [0.3, 0.4) is 0 Å². The minimum atomic E-state index is 0.421. The highest BCUT2D eigenvalue weighted by atomic mass is 15.1. The third-order valence-electron chi connectivity index (χ3n) is 10.2. The Morgan fingerprint density at radius 3 is 1.73 bits per heavy atom. The van der Waals surface area contributed by atoms with Crippen molar-refractivity contribution < 1.29 is 0 Å². The second kappa shape index (κ2) is 12.4. The number of hydrogen-bond acceptors (Lipinski definition) is 3. The molecule has 3 heterocycles. The van der Waals surface area contributed by atoms with Crippen molar-refractivity contribution in [1.29, 1.82) is 0 Å². The molecule has 5 aromatic carbocycles. The Hall–Kier alpha value is -6.53. The Balaban J connectivity index is 1.29. The molecule has 6 nitrogen and oxygen atoms in total. The van der Waals surface area contributed by atoms with Gasteiger partial charge >= 0.3 is 0 Å². The number of allylic oxidation sites excluding steroid dienone is 5. The molecule has 0 radical (unpaired) electrons. The predicted molar refractivity (Wildman–Crippen MR) is 212 cm³/mol. The van der Waals surface area contributed by atoms with Crippen molar-refractivity contribution in [2.75, 3.05) is 0 Å². The molecule has 0 aliphatic heterocycles. The molecule has 6 heteroatoms. The molecular formula is C46H36N6. The summed E-state index contributed by atoms with van der Waals surface area (Å²) in [6.45, 7) is 2.27. The first-order valence-electron chi connectivity index (χ1n) is 18.1. The molecule has 3 aromatic heterocycles. The number of hydrogen-bond donors (Lipinski definition) is 0. The summed E-state index contributed by atoms with van der Waals surface area (Å²) in [5.41, 5.74) is 12.7. The highest BCUT2D eigenvalue weighted by Crippen LogP contribution is 2.39. The Labute approximate surface area is 302 Å². The van der Waals surface area contributed by atoms with Gasteiger partial charge in [-0.05, 0) is 104 Å². The molecule has 10 rings (SSSR count). The van der Waals surface area contributed by atoms with Gasteiger partial charge in [0.2, 0.25) is 0 Å². The van der Waals surface area contributed by atoms with Gasteiger partial charge in [0.1, 0.15) is 17.5 Å². The fourth-order valence-electron chi connectivity index (χ4n) is 7.84. The monoisotopic (exact) mass is 672 g/mol. The highest BCUT2D eigenvalue weighted by Gasteiger charge is 2.25. The third-order valence-corrected chi connectivity index (χ3v) is 10.2. The van der Waals surface area contributed by atoms with Crippen LogP contribution in [-0.4, -0.2) is 28.7 Å². The first-order chi connectivity index (χ1) is 25.7. The van der Waals surface area contributed by atoms with Crippen molar-refractivity contribution >= 4 is 33.8 Å². The van der Waals surface area contributed by atoms with Crippen LogP contribution >= 0.6 is 0 Å². The fourth-order valence-corrected chi connectivity index (χ4v) is 7.84. The van der Waals surface area contributed by atoms with Crippen LogP contribution in [0.25, 0.3) is 79.4 Å². The van der Waals surface area contributed by atoms with Gasteiger partial charge in [-0.2, -0.15) is 0 Å². The van der Waals surface area contributed by atoms with E-state index in [2.05, 4.69) is 178 Å². The molecule has 1 atom stereocenters. The first kappa shape index (κ1) is 30.3. The SMILES string of the molecule is CC1C=Cc2nc(-c3cc(-c4nc5ccccc5n4C4=CC=CCC4)cc(-c4nc5ccccc5n4-c4ccccc4)c3)n(-c3ccccc3)c2C1. The van der Waals surface area contributed by atoms with Gasteiger partial charge in [0.15, 0.2) is 0 Å². The first-order valence-corrected chi connectivity index (χ1v) is 18.1. The number of aromatic nitrogens is 6. The van der Waals surface area contributed by atoms with Gasteiger partial charge in [0.05, 0.1) is 33.5 Å². The topological polar surface area (TPSA) is 53.5 Å². The molecule has 2 aliphatic rings. The lowest BCUT2D eigenvalue weighted by atomic mass is 9.98. The minimum absolute atomic E-state index is 0.421. The molecule has 1 unspecified atom stereocenters. The number of benzene rings is 5. The fraction of sp³-hybridized carbons (Fsp3) is 0.109. The Kier molecular flexibility index (Phi) is 7.20. The molecule has 0 N–H and O–H groups in total. The largest absolute Gasteiger partial charge is 0.296 e. The van der Waals surface area contributed by atoms with Crippen molar-refractivity contribution in [3.63, 3.8) is 0 Å². The van der Waals surface area contributed by atoms with Crippen molar-refractivity contribution in [3.05, 3.63) is 163 Å². The number of fused-ring (bicyclic) bond motifs is 3. The maximum absolute atomic E-state index is 5.38. The van der Waals surface area contributed by atoms with Crippen LogP contribution in [-0.2, 0) is 6.42 Å². The van der Waals surface area contributed by atoms with Gasteiger partial charge in [-0.15, -0.1) is 0 Å². The Bertz CT molecular complexity index is 2720. The van der Waals surface area contributed by atoms with Crippen LogP contribution in [0, 0.1) is 5.92 Å². The molecule has 52 heavy (non-hydrogen) atoms. The zero-order chi connectivity index (χ0) is 34.6. The zero-order valence-corrected chi connectivity index (χ0v) is 28.9. The maximum Gasteiger partial charge on any atom is 0.145 e. The summed E-state index contributed by atoms with van der Waals surface area (Å²) < 4.78 is 6.98. The number of rotatable bonds is 6. The molecule has 0 amide bonds. The second-order valence-electron chi connectivity index (χ2n) is 13.8. The van der Waals surface area contributed by atoms with E-state index in [0.29, 0.717) is 5.92 Å². The van der Waals surface area contributed by atoms with Crippen molar-refractivity contribution in [2.45, 2.75) is 26.2 Å². The van der Waals surface area contributed by atoms with E-state index in [1.54, 1.807) is 0 Å². The summed E-state index contributed by atoms with van der Waals surface area (Å²) in [5.74, 6) is 3.10. The van der Waals surface area contributed by atoms with Gasteiger partial charge in [-0.3, -0.25) is 13.7 Å². The van der Waals surface area contributed by atoms with Crippen LogP contribution in [0.2, 0.25) is 0 Å². The van der Waals surface area contributed by atoms with E-state index in [4.69, 9.17) is 15.0 Å². The van der Waals surface area contributed by atoms with Gasteiger partial charge in [0, 0.05) is 33.8 Å². The van der Waals surface area contributed by atoms with Crippen LogP contribution in [0.15, 0.2) is 152 Å². The van der Waals surface area contributed by atoms with Gasteiger partial charge in [0.25, 0.3) is 0 Å². The van der Waals surface area contributed by atoms with Crippen LogP contribution in [0.4, 0.5) is 0 Å². The minimum Gasteiger partial charge on any atom is -0.296 e. The van der Waals surface area contributed by atoms with E-state index in [9.17, 15) is 0 Å². The quantitative estimate of drug-likeness (QED) is 0.177. The lowest BCUT2D eigenvalue weighted by Gasteiger charge is -2.18. The number of para-hydroxylation sites is 6. The van der Waals surface area contributed by atoms with E-state index in [1.165, 1.54) is 11.4 Å². The highest BCUT2D eigenvalue weighted by molar-refractivity contribution is 5.89. The Morgan fingerprint density at radius 2 is 1.12 bits per heavy atom. The van der Waals surface area contributed by atoms with Gasteiger partial charge in [-0.25, -0.2) is 15.0 Å². The summed E-state index contributed by atoms with van der Waals surface area (Å²) in [7, 11) is 0. The molecule has 8 aromatic rings. The van der Waals surface area contributed by atoms with Crippen LogP contribution in [0.1, 0.15) is 31.2 Å². The summed E-state index contributed by atoms with van der Waals surface area (Å²) in [6, 6.07) is 44.8. The molecule has 0 saturated carbocycles. The summed E-state index contributed by atoms with van der Waals surface area (Å²) in [6.07, 6.45) is 13.9. The van der Waals surface area contributed by atoms with E-state index < -0.39 is 0 Å². The summed E-state index contributed by atoms with van der Waals surface area (Å²) in [5, 5.41) is 0. The Morgan fingerprint density at radius 1 is 0.577 bits per heavy atom. The summed E-state index contributed by atoms with van der Waals surface area (Å²) >= 11 is 0. The molecular weight excluding hydrogens is 637 g/mol. The average Bonchev–Trinajstić information content (AvgIpc) is 3.91. The third kappa shape index (κ3) is 5.06. The molecule has 250 valence electrons. The molecule has 0 bridgehead atoms. The zero-order valence-electron chi connectivity index (χ0n) is 28.9. The van der Waals surface area contributed by atoms with Crippen molar-refractivity contribution in [3.8, 4) is 45.5 Å². The summed E-state index contributed by atoms with van der Waals surface area (Å²) in [4.78, 5) is 16.0. The number of imidazole rings is 3. The van der Waals surface area contributed by atoms with E-state index in [0.717, 1.165) is 92.6 Å². The van der Waals surface area contributed by atoms with Gasteiger partial charge < -0.3 is 0 Å².